The first-order chi connectivity index (χ1) is 6.44. The van der Waals surface area contributed by atoms with Crippen LogP contribution < -0.4 is 5.73 Å². The molecule has 1 rings (SSSR count). The van der Waals surface area contributed by atoms with Crippen LogP contribution in [0.1, 0.15) is 20.3 Å². The average molecular weight is 220 g/mol. The maximum atomic E-state index is 11.3. The quantitative estimate of drug-likeness (QED) is 0.718. The molecular weight excluding hydrogens is 200 g/mol. The van der Waals surface area contributed by atoms with Crippen LogP contribution in [0.5, 0.6) is 0 Å². The Morgan fingerprint density at radius 3 is 2.71 bits per heavy atom. The highest BCUT2D eigenvalue weighted by Gasteiger charge is 2.28. The molecular formula is C9H20N2O2S. The summed E-state index contributed by atoms with van der Waals surface area (Å²) in [4.78, 5) is 2.18. The van der Waals surface area contributed by atoms with Crippen molar-refractivity contribution >= 4 is 9.84 Å². The minimum absolute atomic E-state index is 0.117. The van der Waals surface area contributed by atoms with E-state index in [1.165, 1.54) is 0 Å². The summed E-state index contributed by atoms with van der Waals surface area (Å²) in [6.07, 6.45) is 0.940. The molecule has 2 unspecified atom stereocenters. The molecule has 84 valence electrons. The summed E-state index contributed by atoms with van der Waals surface area (Å²) in [5.41, 5.74) is 5.84. The van der Waals surface area contributed by atoms with Crippen LogP contribution in [0.2, 0.25) is 0 Å². The third-order valence-corrected chi connectivity index (χ3v) is 4.60. The fourth-order valence-electron chi connectivity index (χ4n) is 1.73. The number of sulfone groups is 1. The molecule has 1 aliphatic heterocycles. The Morgan fingerprint density at radius 2 is 2.21 bits per heavy atom. The van der Waals surface area contributed by atoms with Crippen LogP contribution in [0, 0.1) is 0 Å². The van der Waals surface area contributed by atoms with Crippen LogP contribution in [-0.4, -0.2) is 50.0 Å². The predicted octanol–water partition coefficient (Wildman–Crippen LogP) is -0.157. The van der Waals surface area contributed by atoms with Crippen molar-refractivity contribution in [2.45, 2.75) is 32.4 Å². The Kier molecular flexibility index (Phi) is 3.92. The number of rotatable bonds is 3. The first-order valence-corrected chi connectivity index (χ1v) is 6.97. The third kappa shape index (κ3) is 3.22. The molecule has 1 fully saturated rings. The van der Waals surface area contributed by atoms with Crippen molar-refractivity contribution in [2.75, 3.05) is 24.6 Å². The van der Waals surface area contributed by atoms with E-state index in [1.807, 2.05) is 6.92 Å². The molecule has 0 aromatic heterocycles. The van der Waals surface area contributed by atoms with Crippen molar-refractivity contribution in [2.24, 2.45) is 5.73 Å². The van der Waals surface area contributed by atoms with Gasteiger partial charge in [-0.05, 0) is 13.3 Å². The standard InChI is InChI=1S/C9H20N2O2S/c1-3-9(10)6-11-4-5-14(12,13)7-8(11)2/h8-9H,3-7,10H2,1-2H3. The molecule has 0 radical (unpaired) electrons. The van der Waals surface area contributed by atoms with E-state index < -0.39 is 9.84 Å². The Balaban J connectivity index is 2.50. The fourth-order valence-corrected chi connectivity index (χ4v) is 3.36. The van der Waals surface area contributed by atoms with E-state index in [1.54, 1.807) is 0 Å². The molecule has 1 aliphatic rings. The summed E-state index contributed by atoms with van der Waals surface area (Å²) in [6.45, 7) is 5.46. The Morgan fingerprint density at radius 1 is 1.57 bits per heavy atom. The zero-order valence-corrected chi connectivity index (χ0v) is 9.76. The lowest BCUT2D eigenvalue weighted by Gasteiger charge is -2.34. The molecule has 0 bridgehead atoms. The Bertz CT molecular complexity index is 277. The molecule has 1 heterocycles. The third-order valence-electron chi connectivity index (χ3n) is 2.80. The van der Waals surface area contributed by atoms with Crippen LogP contribution in [-0.2, 0) is 9.84 Å². The van der Waals surface area contributed by atoms with Crippen molar-refractivity contribution in [3.63, 3.8) is 0 Å². The molecule has 0 aliphatic carbocycles. The number of hydrogen-bond acceptors (Lipinski definition) is 4. The van der Waals surface area contributed by atoms with E-state index in [9.17, 15) is 8.42 Å². The largest absolute Gasteiger partial charge is 0.327 e. The molecule has 1 saturated heterocycles. The summed E-state index contributed by atoms with van der Waals surface area (Å²) >= 11 is 0. The monoisotopic (exact) mass is 220 g/mol. The van der Waals surface area contributed by atoms with Gasteiger partial charge in [0.05, 0.1) is 11.5 Å². The van der Waals surface area contributed by atoms with Crippen molar-refractivity contribution in [3.8, 4) is 0 Å². The predicted molar refractivity (Wildman–Crippen MR) is 58.0 cm³/mol. The molecule has 2 atom stereocenters. The molecule has 2 N–H and O–H groups in total. The van der Waals surface area contributed by atoms with Gasteiger partial charge in [-0.25, -0.2) is 8.42 Å². The van der Waals surface area contributed by atoms with Gasteiger partial charge in [0.2, 0.25) is 0 Å². The summed E-state index contributed by atoms with van der Waals surface area (Å²) in [7, 11) is -2.79. The Hall–Kier alpha value is -0.130. The number of hydrogen-bond donors (Lipinski definition) is 1. The van der Waals surface area contributed by atoms with Crippen molar-refractivity contribution in [3.05, 3.63) is 0 Å². The maximum Gasteiger partial charge on any atom is 0.153 e. The second-order valence-corrected chi connectivity index (χ2v) is 6.36. The second kappa shape index (κ2) is 4.59. The summed E-state index contributed by atoms with van der Waals surface area (Å²) in [5, 5.41) is 0. The van der Waals surface area contributed by atoms with Crippen molar-refractivity contribution in [1.29, 1.82) is 0 Å². The van der Waals surface area contributed by atoms with Crippen LogP contribution in [0.4, 0.5) is 0 Å². The normalized spacial score (nSPS) is 30.1. The first kappa shape index (κ1) is 11.9. The van der Waals surface area contributed by atoms with E-state index in [0.29, 0.717) is 6.54 Å². The summed E-state index contributed by atoms with van der Waals surface area (Å²) in [6, 6.07) is 0.282. The van der Waals surface area contributed by atoms with Crippen molar-refractivity contribution < 1.29 is 8.42 Å². The lowest BCUT2D eigenvalue weighted by Crippen LogP contribution is -2.50. The molecule has 14 heavy (non-hydrogen) atoms. The van der Waals surface area contributed by atoms with Gasteiger partial charge in [0.1, 0.15) is 0 Å². The van der Waals surface area contributed by atoms with E-state index in [-0.39, 0.29) is 23.6 Å². The van der Waals surface area contributed by atoms with Crippen LogP contribution in [0.15, 0.2) is 0 Å². The smallest absolute Gasteiger partial charge is 0.153 e. The van der Waals surface area contributed by atoms with Gasteiger partial charge in [-0.2, -0.15) is 0 Å². The molecule has 0 aromatic carbocycles. The van der Waals surface area contributed by atoms with Gasteiger partial charge in [0.15, 0.2) is 9.84 Å². The van der Waals surface area contributed by atoms with E-state index >= 15 is 0 Å². The molecule has 4 nitrogen and oxygen atoms in total. The highest BCUT2D eigenvalue weighted by Crippen LogP contribution is 2.11. The lowest BCUT2D eigenvalue weighted by molar-refractivity contribution is 0.211. The highest BCUT2D eigenvalue weighted by molar-refractivity contribution is 7.91. The van der Waals surface area contributed by atoms with E-state index in [0.717, 1.165) is 13.0 Å². The van der Waals surface area contributed by atoms with Crippen LogP contribution >= 0.6 is 0 Å². The van der Waals surface area contributed by atoms with Gasteiger partial charge in [-0.3, -0.25) is 4.90 Å². The lowest BCUT2D eigenvalue weighted by atomic mass is 10.2. The highest BCUT2D eigenvalue weighted by atomic mass is 32.2. The molecule has 0 spiro atoms. The average Bonchev–Trinajstić information content (AvgIpc) is 2.09. The van der Waals surface area contributed by atoms with Crippen molar-refractivity contribution in [1.82, 2.24) is 4.90 Å². The fraction of sp³-hybridized carbons (Fsp3) is 1.00. The minimum Gasteiger partial charge on any atom is -0.327 e. The van der Waals surface area contributed by atoms with Gasteiger partial charge in [0.25, 0.3) is 0 Å². The topological polar surface area (TPSA) is 63.4 Å². The van der Waals surface area contributed by atoms with Crippen LogP contribution in [0.3, 0.4) is 0 Å². The van der Waals surface area contributed by atoms with Gasteiger partial charge in [-0.1, -0.05) is 6.92 Å². The van der Waals surface area contributed by atoms with E-state index in [4.69, 9.17) is 5.73 Å². The van der Waals surface area contributed by atoms with Gasteiger partial charge in [0, 0.05) is 25.2 Å². The van der Waals surface area contributed by atoms with Gasteiger partial charge < -0.3 is 5.73 Å². The number of nitrogens with zero attached hydrogens (tertiary/aromatic N) is 1. The van der Waals surface area contributed by atoms with Gasteiger partial charge >= 0.3 is 0 Å². The summed E-state index contributed by atoms with van der Waals surface area (Å²) < 4.78 is 22.6. The second-order valence-electron chi connectivity index (χ2n) is 4.13. The SMILES string of the molecule is CCC(N)CN1CCS(=O)(=O)CC1C. The summed E-state index contributed by atoms with van der Waals surface area (Å²) in [5.74, 6) is 0.567. The molecule has 0 aromatic rings. The molecule has 5 heteroatoms. The maximum absolute atomic E-state index is 11.3. The zero-order chi connectivity index (χ0) is 10.8. The van der Waals surface area contributed by atoms with E-state index in [2.05, 4.69) is 11.8 Å². The first-order valence-electron chi connectivity index (χ1n) is 5.14. The van der Waals surface area contributed by atoms with Gasteiger partial charge in [-0.15, -0.1) is 0 Å². The zero-order valence-electron chi connectivity index (χ0n) is 8.94. The number of nitrogens with two attached hydrogens (primary N) is 1. The molecule has 0 saturated carbocycles. The Labute approximate surface area is 86.4 Å². The van der Waals surface area contributed by atoms with Crippen LogP contribution in [0.25, 0.3) is 0 Å². The minimum atomic E-state index is -2.79. The molecule has 0 amide bonds.